The summed E-state index contributed by atoms with van der Waals surface area (Å²) in [6.07, 6.45) is 1.90. The van der Waals surface area contributed by atoms with Crippen LogP contribution in [0.5, 0.6) is 5.75 Å². The van der Waals surface area contributed by atoms with Crippen molar-refractivity contribution in [2.75, 3.05) is 27.2 Å². The van der Waals surface area contributed by atoms with Crippen molar-refractivity contribution < 1.29 is 9.53 Å². The molecule has 1 aromatic carbocycles. The minimum Gasteiger partial charge on any atom is -0.496 e. The number of carbonyl (C=O) groups is 1. The third kappa shape index (κ3) is 3.86. The molecule has 0 fully saturated rings. The molecule has 0 bridgehead atoms. The molecule has 0 aliphatic rings. The van der Waals surface area contributed by atoms with Crippen LogP contribution in [0.4, 0.5) is 0 Å². The Labute approximate surface area is 103 Å². The van der Waals surface area contributed by atoms with E-state index in [9.17, 15) is 4.79 Å². The van der Waals surface area contributed by atoms with Crippen molar-refractivity contribution in [1.29, 1.82) is 0 Å². The van der Waals surface area contributed by atoms with Crippen molar-refractivity contribution in [3.05, 3.63) is 28.8 Å². The zero-order valence-corrected chi connectivity index (χ0v) is 11.1. The second-order valence-corrected chi connectivity index (χ2v) is 4.43. The first-order valence-electron chi connectivity index (χ1n) is 5.84. The SMILES string of the molecule is COc1cc(C)c(CCN(C)CC=O)cc1C. The lowest BCUT2D eigenvalue weighted by molar-refractivity contribution is -0.108. The number of likely N-dealkylation sites (N-methyl/N-ethyl adjacent to an activating group) is 1. The van der Waals surface area contributed by atoms with Crippen molar-refractivity contribution in [2.45, 2.75) is 20.3 Å². The van der Waals surface area contributed by atoms with Crippen LogP contribution in [-0.2, 0) is 11.2 Å². The minimum atomic E-state index is 0.494. The number of methoxy groups -OCH3 is 1. The van der Waals surface area contributed by atoms with Gasteiger partial charge in [0.1, 0.15) is 12.0 Å². The van der Waals surface area contributed by atoms with Crippen molar-refractivity contribution in [2.24, 2.45) is 0 Å². The Kier molecular flexibility index (Phi) is 5.16. The molecule has 0 N–H and O–H groups in total. The first-order valence-corrected chi connectivity index (χ1v) is 5.84. The zero-order valence-electron chi connectivity index (χ0n) is 11.1. The number of aryl methyl sites for hydroxylation is 2. The molecule has 0 aliphatic carbocycles. The highest BCUT2D eigenvalue weighted by molar-refractivity contribution is 5.51. The van der Waals surface area contributed by atoms with Crippen LogP contribution in [0.15, 0.2) is 12.1 Å². The van der Waals surface area contributed by atoms with Gasteiger partial charge in [-0.25, -0.2) is 0 Å². The molecule has 3 heteroatoms. The minimum absolute atomic E-state index is 0.494. The van der Waals surface area contributed by atoms with E-state index in [2.05, 4.69) is 26.0 Å². The molecule has 1 rings (SSSR count). The van der Waals surface area contributed by atoms with Gasteiger partial charge in [0.2, 0.25) is 0 Å². The number of rotatable bonds is 6. The normalized spacial score (nSPS) is 10.6. The lowest BCUT2D eigenvalue weighted by Gasteiger charge is -2.15. The number of carbonyl (C=O) groups excluding carboxylic acids is 1. The smallest absolute Gasteiger partial charge is 0.133 e. The monoisotopic (exact) mass is 235 g/mol. The Morgan fingerprint density at radius 1 is 1.29 bits per heavy atom. The Morgan fingerprint density at radius 3 is 2.59 bits per heavy atom. The summed E-state index contributed by atoms with van der Waals surface area (Å²) >= 11 is 0. The van der Waals surface area contributed by atoms with Gasteiger partial charge in [0.05, 0.1) is 13.7 Å². The van der Waals surface area contributed by atoms with Crippen LogP contribution in [0.3, 0.4) is 0 Å². The molecule has 0 amide bonds. The first-order chi connectivity index (χ1) is 8.08. The fraction of sp³-hybridized carbons (Fsp3) is 0.500. The molecule has 0 saturated heterocycles. The van der Waals surface area contributed by atoms with Crippen LogP contribution in [0.2, 0.25) is 0 Å². The molecule has 0 heterocycles. The number of aldehydes is 1. The van der Waals surface area contributed by atoms with Gasteiger partial charge >= 0.3 is 0 Å². The third-order valence-electron chi connectivity index (χ3n) is 3.00. The second kappa shape index (κ2) is 6.40. The molecule has 0 atom stereocenters. The summed E-state index contributed by atoms with van der Waals surface area (Å²) in [7, 11) is 3.65. The molecular weight excluding hydrogens is 214 g/mol. The molecule has 0 aliphatic heterocycles. The molecule has 0 spiro atoms. The average molecular weight is 235 g/mol. The predicted molar refractivity (Wildman–Crippen MR) is 69.7 cm³/mol. The number of nitrogens with zero attached hydrogens (tertiary/aromatic N) is 1. The lowest BCUT2D eigenvalue weighted by Crippen LogP contribution is -2.23. The van der Waals surface area contributed by atoms with Gasteiger partial charge in [0.25, 0.3) is 0 Å². The van der Waals surface area contributed by atoms with Crippen LogP contribution in [0, 0.1) is 13.8 Å². The highest BCUT2D eigenvalue weighted by Crippen LogP contribution is 2.22. The molecule has 94 valence electrons. The van der Waals surface area contributed by atoms with E-state index < -0.39 is 0 Å². The fourth-order valence-electron chi connectivity index (χ4n) is 1.87. The standard InChI is InChI=1S/C14H21NO2/c1-11-10-14(17-4)12(2)9-13(11)5-6-15(3)7-8-16/h8-10H,5-7H2,1-4H3. The molecule has 0 aromatic heterocycles. The van der Waals surface area contributed by atoms with E-state index in [1.165, 1.54) is 11.1 Å². The largest absolute Gasteiger partial charge is 0.496 e. The van der Waals surface area contributed by atoms with Crippen molar-refractivity contribution in [3.63, 3.8) is 0 Å². The lowest BCUT2D eigenvalue weighted by atomic mass is 10.0. The van der Waals surface area contributed by atoms with E-state index in [0.29, 0.717) is 6.54 Å². The van der Waals surface area contributed by atoms with Gasteiger partial charge in [0, 0.05) is 6.54 Å². The van der Waals surface area contributed by atoms with Crippen LogP contribution in [0.25, 0.3) is 0 Å². The topological polar surface area (TPSA) is 29.5 Å². The molecule has 0 unspecified atom stereocenters. The van der Waals surface area contributed by atoms with Gasteiger partial charge in [0.15, 0.2) is 0 Å². The van der Waals surface area contributed by atoms with Gasteiger partial charge in [-0.3, -0.25) is 4.90 Å². The predicted octanol–water partition coefficient (Wildman–Crippen LogP) is 1.99. The quantitative estimate of drug-likeness (QED) is 0.706. The maximum atomic E-state index is 10.4. The zero-order chi connectivity index (χ0) is 12.8. The van der Waals surface area contributed by atoms with Gasteiger partial charge < -0.3 is 9.53 Å². The average Bonchev–Trinajstić information content (AvgIpc) is 2.30. The van der Waals surface area contributed by atoms with E-state index >= 15 is 0 Å². The summed E-state index contributed by atoms with van der Waals surface area (Å²) in [5, 5.41) is 0. The van der Waals surface area contributed by atoms with Gasteiger partial charge in [-0.1, -0.05) is 6.07 Å². The molecular formula is C14H21NO2. The van der Waals surface area contributed by atoms with Crippen LogP contribution < -0.4 is 4.74 Å². The van der Waals surface area contributed by atoms with Crippen molar-refractivity contribution in [3.8, 4) is 5.75 Å². The molecule has 3 nitrogen and oxygen atoms in total. The number of ether oxygens (including phenoxy) is 1. The second-order valence-electron chi connectivity index (χ2n) is 4.43. The van der Waals surface area contributed by atoms with Crippen LogP contribution >= 0.6 is 0 Å². The van der Waals surface area contributed by atoms with Crippen LogP contribution in [-0.4, -0.2) is 38.4 Å². The molecule has 0 saturated carbocycles. The molecule has 1 aromatic rings. The van der Waals surface area contributed by atoms with Gasteiger partial charge in [-0.15, -0.1) is 0 Å². The number of benzene rings is 1. The summed E-state index contributed by atoms with van der Waals surface area (Å²) in [4.78, 5) is 12.4. The number of hydrogen-bond acceptors (Lipinski definition) is 3. The first kappa shape index (κ1) is 13.7. The molecule has 0 radical (unpaired) electrons. The number of hydrogen-bond donors (Lipinski definition) is 0. The third-order valence-corrected chi connectivity index (χ3v) is 3.00. The Bertz CT molecular complexity index is 388. The Balaban J connectivity index is 2.71. The van der Waals surface area contributed by atoms with Crippen LogP contribution in [0.1, 0.15) is 16.7 Å². The highest BCUT2D eigenvalue weighted by atomic mass is 16.5. The Hall–Kier alpha value is -1.35. The maximum Gasteiger partial charge on any atom is 0.133 e. The fourth-order valence-corrected chi connectivity index (χ4v) is 1.87. The van der Waals surface area contributed by atoms with Crippen molar-refractivity contribution >= 4 is 6.29 Å². The summed E-state index contributed by atoms with van der Waals surface area (Å²) in [6, 6.07) is 4.24. The van der Waals surface area contributed by atoms with E-state index in [-0.39, 0.29) is 0 Å². The summed E-state index contributed by atoms with van der Waals surface area (Å²) in [6.45, 7) is 5.54. The van der Waals surface area contributed by atoms with E-state index in [1.807, 2.05) is 11.9 Å². The summed E-state index contributed by atoms with van der Waals surface area (Å²) in [5.41, 5.74) is 3.72. The van der Waals surface area contributed by atoms with E-state index in [0.717, 1.165) is 30.6 Å². The van der Waals surface area contributed by atoms with Crippen molar-refractivity contribution in [1.82, 2.24) is 4.90 Å². The maximum absolute atomic E-state index is 10.4. The Morgan fingerprint density at radius 2 is 2.00 bits per heavy atom. The van der Waals surface area contributed by atoms with E-state index in [4.69, 9.17) is 4.74 Å². The summed E-state index contributed by atoms with van der Waals surface area (Å²) < 4.78 is 5.29. The molecule has 17 heavy (non-hydrogen) atoms. The summed E-state index contributed by atoms with van der Waals surface area (Å²) in [5.74, 6) is 0.937. The van der Waals surface area contributed by atoms with Gasteiger partial charge in [-0.05, 0) is 50.1 Å². The highest BCUT2D eigenvalue weighted by Gasteiger charge is 2.06. The van der Waals surface area contributed by atoms with E-state index in [1.54, 1.807) is 7.11 Å². The van der Waals surface area contributed by atoms with Gasteiger partial charge in [-0.2, -0.15) is 0 Å².